The van der Waals surface area contributed by atoms with Crippen molar-refractivity contribution < 1.29 is 4.74 Å². The van der Waals surface area contributed by atoms with Gasteiger partial charge in [0.05, 0.1) is 10.0 Å². The van der Waals surface area contributed by atoms with Gasteiger partial charge in [-0.05, 0) is 41.8 Å². The van der Waals surface area contributed by atoms with Gasteiger partial charge < -0.3 is 4.74 Å². The molecule has 1 aromatic heterocycles. The number of hydrogen-bond donors (Lipinski definition) is 0. The van der Waals surface area contributed by atoms with Gasteiger partial charge in [0.2, 0.25) is 5.88 Å². The van der Waals surface area contributed by atoms with Gasteiger partial charge in [-0.2, -0.15) is 4.98 Å². The Morgan fingerprint density at radius 2 is 1.86 bits per heavy atom. The standard InChI is InChI=1S/C14H10BrCl3N2O/c1-6-12(18)19-13(7-2-3-7)20-14(6)21-11-5-9(16)8(15)4-10(11)17/h4-5,7H,2-3H2,1H3. The van der Waals surface area contributed by atoms with Gasteiger partial charge in [0.25, 0.3) is 0 Å². The Hall–Kier alpha value is -0.550. The van der Waals surface area contributed by atoms with Crippen LogP contribution in [0.3, 0.4) is 0 Å². The maximum absolute atomic E-state index is 6.17. The normalized spacial score (nSPS) is 14.3. The average molecular weight is 409 g/mol. The molecule has 2 aromatic rings. The van der Waals surface area contributed by atoms with Crippen molar-refractivity contribution in [2.45, 2.75) is 25.7 Å². The number of benzene rings is 1. The molecule has 1 heterocycles. The third-order valence-electron chi connectivity index (χ3n) is 3.18. The molecule has 0 saturated heterocycles. The zero-order chi connectivity index (χ0) is 15.1. The van der Waals surface area contributed by atoms with Gasteiger partial charge in [-0.15, -0.1) is 0 Å². The highest BCUT2D eigenvalue weighted by Gasteiger charge is 2.28. The third-order valence-corrected chi connectivity index (χ3v) is 5.04. The molecule has 110 valence electrons. The van der Waals surface area contributed by atoms with Crippen LogP contribution in [0.25, 0.3) is 0 Å². The maximum Gasteiger partial charge on any atom is 0.227 e. The van der Waals surface area contributed by atoms with Crippen LogP contribution >= 0.6 is 50.7 Å². The Kier molecular flexibility index (Phi) is 4.33. The molecule has 1 aliphatic rings. The van der Waals surface area contributed by atoms with E-state index in [0.717, 1.165) is 18.7 Å². The minimum absolute atomic E-state index is 0.384. The van der Waals surface area contributed by atoms with E-state index in [4.69, 9.17) is 39.5 Å². The first-order chi connectivity index (χ1) is 9.95. The molecule has 3 nitrogen and oxygen atoms in total. The summed E-state index contributed by atoms with van der Waals surface area (Å²) in [7, 11) is 0. The first kappa shape index (κ1) is 15.3. The Bertz CT molecular complexity index is 720. The van der Waals surface area contributed by atoms with Crippen LogP contribution < -0.4 is 4.74 Å². The van der Waals surface area contributed by atoms with E-state index in [1.807, 2.05) is 6.92 Å². The molecule has 1 fully saturated rings. The van der Waals surface area contributed by atoms with Crippen molar-refractivity contribution in [3.63, 3.8) is 0 Å². The summed E-state index contributed by atoms with van der Waals surface area (Å²) in [4.78, 5) is 8.75. The van der Waals surface area contributed by atoms with E-state index in [9.17, 15) is 0 Å². The number of aromatic nitrogens is 2. The molecular weight excluding hydrogens is 398 g/mol. The Labute approximate surface area is 145 Å². The first-order valence-electron chi connectivity index (χ1n) is 6.32. The highest BCUT2D eigenvalue weighted by molar-refractivity contribution is 9.10. The third kappa shape index (κ3) is 3.29. The largest absolute Gasteiger partial charge is 0.437 e. The minimum Gasteiger partial charge on any atom is -0.437 e. The second-order valence-electron chi connectivity index (χ2n) is 4.88. The summed E-state index contributed by atoms with van der Waals surface area (Å²) >= 11 is 21.7. The van der Waals surface area contributed by atoms with Crippen LogP contribution in [0.15, 0.2) is 16.6 Å². The summed E-state index contributed by atoms with van der Waals surface area (Å²) < 4.78 is 6.51. The lowest BCUT2D eigenvalue weighted by molar-refractivity contribution is 0.454. The molecular formula is C14H10BrCl3N2O. The molecule has 7 heteroatoms. The molecule has 0 N–H and O–H groups in total. The summed E-state index contributed by atoms with van der Waals surface area (Å²) in [5.74, 6) is 1.95. The summed E-state index contributed by atoms with van der Waals surface area (Å²) in [6, 6.07) is 3.32. The van der Waals surface area contributed by atoms with Crippen LogP contribution in [0.4, 0.5) is 0 Å². The van der Waals surface area contributed by atoms with Crippen LogP contribution in [-0.4, -0.2) is 9.97 Å². The van der Waals surface area contributed by atoms with E-state index >= 15 is 0 Å². The molecule has 1 aromatic carbocycles. The van der Waals surface area contributed by atoms with Gasteiger partial charge in [-0.3, -0.25) is 0 Å². The van der Waals surface area contributed by atoms with E-state index < -0.39 is 0 Å². The molecule has 3 rings (SSSR count). The van der Waals surface area contributed by atoms with Crippen LogP contribution in [0.5, 0.6) is 11.6 Å². The van der Waals surface area contributed by atoms with Crippen molar-refractivity contribution in [2.24, 2.45) is 0 Å². The number of rotatable bonds is 3. The van der Waals surface area contributed by atoms with Crippen molar-refractivity contribution in [3.05, 3.63) is 43.2 Å². The number of halogens is 4. The monoisotopic (exact) mass is 406 g/mol. The molecule has 1 saturated carbocycles. The van der Waals surface area contributed by atoms with Crippen LogP contribution in [0.1, 0.15) is 30.1 Å². The molecule has 0 bridgehead atoms. The molecule has 0 amide bonds. The zero-order valence-electron chi connectivity index (χ0n) is 11.0. The van der Waals surface area contributed by atoms with Crippen molar-refractivity contribution in [1.29, 1.82) is 0 Å². The van der Waals surface area contributed by atoms with E-state index in [-0.39, 0.29) is 0 Å². The van der Waals surface area contributed by atoms with Crippen molar-refractivity contribution >= 4 is 50.7 Å². The smallest absolute Gasteiger partial charge is 0.227 e. The van der Waals surface area contributed by atoms with E-state index in [0.29, 0.717) is 42.8 Å². The van der Waals surface area contributed by atoms with Gasteiger partial charge in [0.1, 0.15) is 16.7 Å². The molecule has 0 atom stereocenters. The molecule has 1 aliphatic carbocycles. The highest BCUT2D eigenvalue weighted by atomic mass is 79.9. The van der Waals surface area contributed by atoms with Crippen molar-refractivity contribution in [1.82, 2.24) is 9.97 Å². The maximum atomic E-state index is 6.17. The Balaban J connectivity index is 1.99. The summed E-state index contributed by atoms with van der Waals surface area (Å²) in [5.41, 5.74) is 0.677. The van der Waals surface area contributed by atoms with Gasteiger partial charge >= 0.3 is 0 Å². The fourth-order valence-electron chi connectivity index (χ4n) is 1.80. The predicted octanol–water partition coefficient (Wildman–Crippen LogP) is 6.18. The topological polar surface area (TPSA) is 35.0 Å². The quantitative estimate of drug-likeness (QED) is 0.449. The SMILES string of the molecule is Cc1c(Cl)nc(C2CC2)nc1Oc1cc(Cl)c(Br)cc1Cl. The summed E-state index contributed by atoms with van der Waals surface area (Å²) in [6.07, 6.45) is 2.17. The lowest BCUT2D eigenvalue weighted by Crippen LogP contribution is -2.00. The highest BCUT2D eigenvalue weighted by Crippen LogP contribution is 2.41. The average Bonchev–Trinajstić information content (AvgIpc) is 3.25. The van der Waals surface area contributed by atoms with Crippen LogP contribution in [0.2, 0.25) is 15.2 Å². The first-order valence-corrected chi connectivity index (χ1v) is 8.25. The number of hydrogen-bond acceptors (Lipinski definition) is 3. The number of nitrogens with zero attached hydrogens (tertiary/aromatic N) is 2. The van der Waals surface area contributed by atoms with Gasteiger partial charge in [0.15, 0.2) is 0 Å². The predicted molar refractivity (Wildman–Crippen MR) is 88.0 cm³/mol. The number of ether oxygens (including phenoxy) is 1. The van der Waals surface area contributed by atoms with E-state index in [1.165, 1.54) is 0 Å². The fraction of sp³-hybridized carbons (Fsp3) is 0.286. The second-order valence-corrected chi connectivity index (χ2v) is 6.90. The van der Waals surface area contributed by atoms with Gasteiger partial charge in [0, 0.05) is 22.0 Å². The van der Waals surface area contributed by atoms with Crippen molar-refractivity contribution in [2.75, 3.05) is 0 Å². The minimum atomic E-state index is 0.384. The lowest BCUT2D eigenvalue weighted by atomic mass is 10.3. The summed E-state index contributed by atoms with van der Waals surface area (Å²) in [6.45, 7) is 1.81. The zero-order valence-corrected chi connectivity index (χ0v) is 14.8. The lowest BCUT2D eigenvalue weighted by Gasteiger charge is -2.12. The summed E-state index contributed by atoms with van der Waals surface area (Å²) in [5, 5.41) is 1.35. The van der Waals surface area contributed by atoms with Crippen molar-refractivity contribution in [3.8, 4) is 11.6 Å². The van der Waals surface area contributed by atoms with Crippen LogP contribution in [-0.2, 0) is 0 Å². The molecule has 0 radical (unpaired) electrons. The molecule has 21 heavy (non-hydrogen) atoms. The Morgan fingerprint density at radius 1 is 1.14 bits per heavy atom. The Morgan fingerprint density at radius 3 is 2.52 bits per heavy atom. The molecule has 0 spiro atoms. The molecule has 0 unspecified atom stereocenters. The van der Waals surface area contributed by atoms with E-state index in [1.54, 1.807) is 12.1 Å². The van der Waals surface area contributed by atoms with E-state index in [2.05, 4.69) is 25.9 Å². The fourth-order valence-corrected chi connectivity index (χ4v) is 2.79. The second kappa shape index (κ2) is 5.92. The van der Waals surface area contributed by atoms with Gasteiger partial charge in [-0.1, -0.05) is 34.8 Å². The van der Waals surface area contributed by atoms with Gasteiger partial charge in [-0.25, -0.2) is 4.98 Å². The van der Waals surface area contributed by atoms with Crippen LogP contribution in [0, 0.1) is 6.92 Å². The molecule has 0 aliphatic heterocycles.